The minimum atomic E-state index is -0.268. The molecule has 1 saturated heterocycles. The standard InChI is InChI=1S/C19H27Cl2N3O2.HI/c1-19(2,16-14(20)6-5-7-15(16)21)12-23-18(22-3)24-10-8-13(9-11-24)17(25)26-4;/h5-7,13H,8-12H2,1-4H3,(H,22,23);1H. The lowest BCUT2D eigenvalue weighted by molar-refractivity contribution is -0.146. The number of carbonyl (C=O) groups excluding carboxylic acids is 1. The summed E-state index contributed by atoms with van der Waals surface area (Å²) in [5.41, 5.74) is 0.658. The summed E-state index contributed by atoms with van der Waals surface area (Å²) in [6, 6.07) is 5.57. The second kappa shape index (κ2) is 10.7. The minimum Gasteiger partial charge on any atom is -0.469 e. The van der Waals surface area contributed by atoms with E-state index in [0.29, 0.717) is 16.6 Å². The van der Waals surface area contributed by atoms with Crippen LogP contribution in [0.1, 0.15) is 32.3 Å². The summed E-state index contributed by atoms with van der Waals surface area (Å²) in [5, 5.41) is 4.76. The van der Waals surface area contributed by atoms with E-state index in [-0.39, 0.29) is 41.3 Å². The number of methoxy groups -OCH3 is 1. The highest BCUT2D eigenvalue weighted by molar-refractivity contribution is 14.0. The van der Waals surface area contributed by atoms with Crippen LogP contribution in [-0.4, -0.2) is 50.6 Å². The molecule has 0 saturated carbocycles. The summed E-state index contributed by atoms with van der Waals surface area (Å²) in [6.45, 7) is 6.38. The molecule has 1 aromatic carbocycles. The second-order valence-electron chi connectivity index (χ2n) is 7.17. The average molecular weight is 528 g/mol. The molecule has 2 rings (SSSR count). The molecule has 0 aliphatic carbocycles. The summed E-state index contributed by atoms with van der Waals surface area (Å²) in [5.74, 6) is 0.680. The lowest BCUT2D eigenvalue weighted by Crippen LogP contribution is -2.49. The van der Waals surface area contributed by atoms with E-state index in [9.17, 15) is 4.79 Å². The molecule has 0 amide bonds. The van der Waals surface area contributed by atoms with Gasteiger partial charge in [0.15, 0.2) is 5.96 Å². The number of nitrogens with one attached hydrogen (secondary N) is 1. The van der Waals surface area contributed by atoms with Gasteiger partial charge in [-0.05, 0) is 30.5 Å². The van der Waals surface area contributed by atoms with Crippen LogP contribution in [0.25, 0.3) is 0 Å². The smallest absolute Gasteiger partial charge is 0.308 e. The normalized spacial score (nSPS) is 15.9. The van der Waals surface area contributed by atoms with E-state index in [4.69, 9.17) is 27.9 Å². The van der Waals surface area contributed by atoms with Gasteiger partial charge in [-0.1, -0.05) is 43.1 Å². The number of rotatable bonds is 4. The molecule has 1 aliphatic heterocycles. The molecule has 8 heteroatoms. The Labute approximate surface area is 188 Å². The van der Waals surface area contributed by atoms with Crippen LogP contribution in [0, 0.1) is 5.92 Å². The zero-order chi connectivity index (χ0) is 19.3. The number of hydrogen-bond acceptors (Lipinski definition) is 3. The van der Waals surface area contributed by atoms with Crippen molar-refractivity contribution in [2.24, 2.45) is 10.9 Å². The van der Waals surface area contributed by atoms with Crippen LogP contribution in [0.4, 0.5) is 0 Å². The van der Waals surface area contributed by atoms with E-state index in [1.165, 1.54) is 7.11 Å². The van der Waals surface area contributed by atoms with Gasteiger partial charge < -0.3 is 15.0 Å². The third kappa shape index (κ3) is 6.12. The number of halogens is 3. The number of ether oxygens (including phenoxy) is 1. The number of nitrogens with zero attached hydrogens (tertiary/aromatic N) is 2. The first-order valence-electron chi connectivity index (χ1n) is 8.78. The van der Waals surface area contributed by atoms with Crippen molar-refractivity contribution >= 4 is 59.1 Å². The molecule has 0 atom stereocenters. The Morgan fingerprint density at radius 3 is 2.33 bits per heavy atom. The van der Waals surface area contributed by atoms with E-state index in [2.05, 4.69) is 29.1 Å². The molecule has 5 nitrogen and oxygen atoms in total. The van der Waals surface area contributed by atoms with Gasteiger partial charge in [0.1, 0.15) is 0 Å². The second-order valence-corrected chi connectivity index (χ2v) is 7.98. The molecule has 1 heterocycles. The van der Waals surface area contributed by atoms with Gasteiger partial charge in [-0.2, -0.15) is 0 Å². The molecule has 152 valence electrons. The first-order chi connectivity index (χ1) is 12.3. The van der Waals surface area contributed by atoms with Crippen LogP contribution in [0.2, 0.25) is 10.0 Å². The third-order valence-corrected chi connectivity index (χ3v) is 5.50. The molecule has 1 fully saturated rings. The fourth-order valence-electron chi connectivity index (χ4n) is 3.36. The summed E-state index contributed by atoms with van der Waals surface area (Å²) < 4.78 is 4.85. The molecule has 27 heavy (non-hydrogen) atoms. The van der Waals surface area contributed by atoms with Crippen molar-refractivity contribution < 1.29 is 9.53 Å². The molecule has 1 aromatic rings. The molecule has 0 aromatic heterocycles. The third-order valence-electron chi connectivity index (χ3n) is 4.87. The largest absolute Gasteiger partial charge is 0.469 e. The zero-order valence-corrected chi connectivity index (χ0v) is 20.1. The maximum atomic E-state index is 11.7. The Kier molecular flexibility index (Phi) is 9.65. The van der Waals surface area contributed by atoms with Crippen molar-refractivity contribution in [1.29, 1.82) is 0 Å². The van der Waals surface area contributed by atoms with Gasteiger partial charge in [0, 0.05) is 42.1 Å². The van der Waals surface area contributed by atoms with Gasteiger partial charge >= 0.3 is 5.97 Å². The maximum Gasteiger partial charge on any atom is 0.308 e. The molecule has 0 spiro atoms. The Hall–Kier alpha value is -0.730. The van der Waals surface area contributed by atoms with E-state index in [1.54, 1.807) is 7.05 Å². The predicted octanol–water partition coefficient (Wildman–Crippen LogP) is 4.35. The summed E-state index contributed by atoms with van der Waals surface area (Å²) in [4.78, 5) is 18.2. The number of guanidine groups is 1. The number of likely N-dealkylation sites (tertiary alicyclic amines) is 1. The topological polar surface area (TPSA) is 53.9 Å². The Balaban J connectivity index is 0.00000364. The van der Waals surface area contributed by atoms with Gasteiger partial charge in [-0.25, -0.2) is 0 Å². The summed E-state index contributed by atoms with van der Waals surface area (Å²) in [6.07, 6.45) is 1.54. The first kappa shape index (κ1) is 24.3. The number of aliphatic imine (C=N–C) groups is 1. The molecule has 0 unspecified atom stereocenters. The lowest BCUT2D eigenvalue weighted by atomic mass is 9.84. The SMILES string of the molecule is CN=C(NCC(C)(C)c1c(Cl)cccc1Cl)N1CCC(C(=O)OC)CC1.I. The molecular formula is C19H28Cl2IN3O2. The van der Waals surface area contributed by atoms with Crippen LogP contribution < -0.4 is 5.32 Å². The van der Waals surface area contributed by atoms with Crippen LogP contribution in [-0.2, 0) is 14.9 Å². The minimum absolute atomic E-state index is 0. The number of esters is 1. The fraction of sp³-hybridized carbons (Fsp3) is 0.579. The fourth-order valence-corrected chi connectivity index (χ4v) is 4.27. The van der Waals surface area contributed by atoms with Crippen molar-refractivity contribution in [2.45, 2.75) is 32.1 Å². The van der Waals surface area contributed by atoms with E-state index in [1.807, 2.05) is 18.2 Å². The number of piperidine rings is 1. The van der Waals surface area contributed by atoms with Crippen molar-refractivity contribution in [1.82, 2.24) is 10.2 Å². The highest BCUT2D eigenvalue weighted by Crippen LogP contribution is 2.35. The number of benzene rings is 1. The van der Waals surface area contributed by atoms with Gasteiger partial charge in [-0.15, -0.1) is 24.0 Å². The van der Waals surface area contributed by atoms with Crippen LogP contribution in [0.5, 0.6) is 0 Å². The Morgan fingerprint density at radius 1 is 1.30 bits per heavy atom. The van der Waals surface area contributed by atoms with Gasteiger partial charge in [0.25, 0.3) is 0 Å². The predicted molar refractivity (Wildman–Crippen MR) is 123 cm³/mol. The average Bonchev–Trinajstić information content (AvgIpc) is 2.61. The monoisotopic (exact) mass is 527 g/mol. The number of hydrogen-bond donors (Lipinski definition) is 1. The number of carbonyl (C=O) groups is 1. The van der Waals surface area contributed by atoms with Crippen molar-refractivity contribution in [3.8, 4) is 0 Å². The quantitative estimate of drug-likeness (QED) is 0.274. The van der Waals surface area contributed by atoms with Crippen molar-refractivity contribution in [3.63, 3.8) is 0 Å². The highest BCUT2D eigenvalue weighted by atomic mass is 127. The van der Waals surface area contributed by atoms with Gasteiger partial charge in [-0.3, -0.25) is 9.79 Å². The Morgan fingerprint density at radius 2 is 1.85 bits per heavy atom. The Bertz CT molecular complexity index is 655. The van der Waals surface area contributed by atoms with Crippen LogP contribution in [0.3, 0.4) is 0 Å². The van der Waals surface area contributed by atoms with Crippen LogP contribution in [0.15, 0.2) is 23.2 Å². The van der Waals surface area contributed by atoms with Crippen LogP contribution >= 0.6 is 47.2 Å². The van der Waals surface area contributed by atoms with Gasteiger partial charge in [0.05, 0.1) is 13.0 Å². The zero-order valence-electron chi connectivity index (χ0n) is 16.2. The molecule has 1 aliphatic rings. The molecule has 0 bridgehead atoms. The lowest BCUT2D eigenvalue weighted by Gasteiger charge is -2.35. The summed E-state index contributed by atoms with van der Waals surface area (Å²) >= 11 is 12.7. The molecular weight excluding hydrogens is 500 g/mol. The summed E-state index contributed by atoms with van der Waals surface area (Å²) in [7, 11) is 3.21. The van der Waals surface area contributed by atoms with Gasteiger partial charge in [0.2, 0.25) is 0 Å². The molecule has 1 N–H and O–H groups in total. The van der Waals surface area contributed by atoms with E-state index < -0.39 is 0 Å². The van der Waals surface area contributed by atoms with Crippen molar-refractivity contribution in [3.05, 3.63) is 33.8 Å². The maximum absolute atomic E-state index is 11.7. The first-order valence-corrected chi connectivity index (χ1v) is 9.53. The van der Waals surface area contributed by atoms with Crippen molar-refractivity contribution in [2.75, 3.05) is 33.8 Å². The van der Waals surface area contributed by atoms with E-state index >= 15 is 0 Å². The molecule has 0 radical (unpaired) electrons. The highest BCUT2D eigenvalue weighted by Gasteiger charge is 2.29. The van der Waals surface area contributed by atoms with E-state index in [0.717, 1.165) is 37.5 Å².